The summed E-state index contributed by atoms with van der Waals surface area (Å²) < 4.78 is 38.6. The summed E-state index contributed by atoms with van der Waals surface area (Å²) in [5.74, 6) is -0.110. The van der Waals surface area contributed by atoms with E-state index in [4.69, 9.17) is 11.6 Å². The Morgan fingerprint density at radius 3 is 2.52 bits per heavy atom. The summed E-state index contributed by atoms with van der Waals surface area (Å²) in [6, 6.07) is 12.3. The van der Waals surface area contributed by atoms with Crippen LogP contribution in [-0.4, -0.2) is 41.9 Å². The van der Waals surface area contributed by atoms with Crippen LogP contribution in [0, 0.1) is 0 Å². The molecule has 7 heteroatoms. The van der Waals surface area contributed by atoms with Crippen molar-refractivity contribution in [3.05, 3.63) is 70.2 Å². The maximum Gasteiger partial charge on any atom is 0.416 e. The molecule has 0 aromatic heterocycles. The van der Waals surface area contributed by atoms with Gasteiger partial charge in [-0.25, -0.2) is 0 Å². The van der Waals surface area contributed by atoms with E-state index in [1.165, 1.54) is 12.1 Å². The highest BCUT2D eigenvalue weighted by molar-refractivity contribution is 6.33. The summed E-state index contributed by atoms with van der Waals surface area (Å²) in [7, 11) is 0. The van der Waals surface area contributed by atoms with Gasteiger partial charge in [0.15, 0.2) is 0 Å². The van der Waals surface area contributed by atoms with Gasteiger partial charge in [-0.05, 0) is 30.2 Å². The molecule has 0 spiro atoms. The summed E-state index contributed by atoms with van der Waals surface area (Å²) in [6.07, 6.45) is -3.58. The molecule has 0 aliphatic carbocycles. The Morgan fingerprint density at radius 2 is 1.78 bits per heavy atom. The van der Waals surface area contributed by atoms with Crippen LogP contribution in [0.4, 0.5) is 13.2 Å². The Hall–Kier alpha value is -2.05. The lowest BCUT2D eigenvalue weighted by molar-refractivity contribution is -0.137. The quantitative estimate of drug-likeness (QED) is 0.750. The zero-order chi connectivity index (χ0) is 19.4. The minimum absolute atomic E-state index is 0.110. The van der Waals surface area contributed by atoms with Crippen LogP contribution in [0.3, 0.4) is 0 Å². The van der Waals surface area contributed by atoms with Crippen molar-refractivity contribution in [2.45, 2.75) is 19.1 Å². The van der Waals surface area contributed by atoms with E-state index in [-0.39, 0.29) is 5.91 Å². The number of benzene rings is 2. The molecule has 0 saturated carbocycles. The molecule has 0 atom stereocenters. The van der Waals surface area contributed by atoms with Gasteiger partial charge in [0.1, 0.15) is 0 Å². The summed E-state index contributed by atoms with van der Waals surface area (Å²) in [6.45, 7) is 2.87. The predicted octanol–water partition coefficient (Wildman–Crippen LogP) is 4.71. The van der Waals surface area contributed by atoms with Crippen LogP contribution in [0.15, 0.2) is 48.5 Å². The topological polar surface area (TPSA) is 23.6 Å². The third kappa shape index (κ3) is 5.02. The van der Waals surface area contributed by atoms with Gasteiger partial charge in [-0.3, -0.25) is 9.69 Å². The lowest BCUT2D eigenvalue weighted by Crippen LogP contribution is -2.35. The molecule has 1 amide bonds. The van der Waals surface area contributed by atoms with Crippen LogP contribution in [-0.2, 0) is 12.7 Å². The smallest absolute Gasteiger partial charge is 0.337 e. The Labute approximate surface area is 161 Å². The van der Waals surface area contributed by atoms with Crippen molar-refractivity contribution in [3.63, 3.8) is 0 Å². The van der Waals surface area contributed by atoms with Crippen LogP contribution in [0.25, 0.3) is 0 Å². The molecule has 0 radical (unpaired) electrons. The second-order valence-electron chi connectivity index (χ2n) is 6.60. The number of rotatable bonds is 3. The number of hydrogen-bond donors (Lipinski definition) is 0. The minimum atomic E-state index is -4.34. The number of amides is 1. The van der Waals surface area contributed by atoms with Gasteiger partial charge in [0.2, 0.25) is 0 Å². The predicted molar refractivity (Wildman–Crippen MR) is 98.7 cm³/mol. The molecule has 0 unspecified atom stereocenters. The largest absolute Gasteiger partial charge is 0.416 e. The molecular weight excluding hydrogens is 377 g/mol. The highest BCUT2D eigenvalue weighted by Gasteiger charge is 2.30. The van der Waals surface area contributed by atoms with Crippen molar-refractivity contribution in [1.82, 2.24) is 9.80 Å². The highest BCUT2D eigenvalue weighted by atomic mass is 35.5. The van der Waals surface area contributed by atoms with Crippen molar-refractivity contribution >= 4 is 17.5 Å². The molecule has 144 valence electrons. The molecular formula is C20H20ClF3N2O. The molecule has 1 heterocycles. The third-order valence-electron chi connectivity index (χ3n) is 4.64. The fourth-order valence-corrected chi connectivity index (χ4v) is 3.46. The summed E-state index contributed by atoms with van der Waals surface area (Å²) >= 11 is 6.12. The van der Waals surface area contributed by atoms with Crippen LogP contribution < -0.4 is 0 Å². The van der Waals surface area contributed by atoms with Crippen molar-refractivity contribution in [3.8, 4) is 0 Å². The first-order valence-corrected chi connectivity index (χ1v) is 9.15. The minimum Gasteiger partial charge on any atom is -0.337 e. The van der Waals surface area contributed by atoms with Crippen molar-refractivity contribution in [2.24, 2.45) is 0 Å². The van der Waals surface area contributed by atoms with Gasteiger partial charge in [0.05, 0.1) is 16.1 Å². The van der Waals surface area contributed by atoms with E-state index in [0.717, 1.165) is 19.0 Å². The first kappa shape index (κ1) is 19.7. The molecule has 0 N–H and O–H groups in total. The average molecular weight is 397 g/mol. The van der Waals surface area contributed by atoms with Gasteiger partial charge in [0, 0.05) is 32.7 Å². The number of alkyl halides is 3. The summed E-state index contributed by atoms with van der Waals surface area (Å²) in [5, 5.41) is 0.424. The number of hydrogen-bond acceptors (Lipinski definition) is 2. The van der Waals surface area contributed by atoms with E-state index in [9.17, 15) is 18.0 Å². The molecule has 3 rings (SSSR count). The lowest BCUT2D eigenvalue weighted by Gasteiger charge is -2.22. The Morgan fingerprint density at radius 1 is 1.00 bits per heavy atom. The van der Waals surface area contributed by atoms with Gasteiger partial charge >= 0.3 is 6.18 Å². The molecule has 1 saturated heterocycles. The molecule has 27 heavy (non-hydrogen) atoms. The monoisotopic (exact) mass is 396 g/mol. The average Bonchev–Trinajstić information content (AvgIpc) is 2.87. The fraction of sp³-hybridized carbons (Fsp3) is 0.350. The molecule has 1 aliphatic rings. The second-order valence-corrected chi connectivity index (χ2v) is 7.01. The molecule has 1 aliphatic heterocycles. The van der Waals surface area contributed by atoms with Crippen LogP contribution >= 0.6 is 11.6 Å². The normalized spacial score (nSPS) is 16.2. The van der Waals surface area contributed by atoms with Crippen molar-refractivity contribution in [2.75, 3.05) is 26.2 Å². The Balaban J connectivity index is 1.64. The molecule has 2 aromatic carbocycles. The Bertz CT molecular complexity index is 810. The molecule has 3 nitrogen and oxygen atoms in total. The van der Waals surface area contributed by atoms with E-state index >= 15 is 0 Å². The number of nitrogens with zero attached hydrogens (tertiary/aromatic N) is 2. The van der Waals surface area contributed by atoms with Crippen LogP contribution in [0.2, 0.25) is 5.02 Å². The Kier molecular flexibility index (Phi) is 6.07. The van der Waals surface area contributed by atoms with E-state index in [1.54, 1.807) is 35.2 Å². The molecule has 2 aromatic rings. The van der Waals surface area contributed by atoms with E-state index in [1.807, 2.05) is 0 Å². The maximum absolute atomic E-state index is 12.9. The lowest BCUT2D eigenvalue weighted by atomic mass is 10.1. The molecule has 0 bridgehead atoms. The van der Waals surface area contributed by atoms with Gasteiger partial charge < -0.3 is 4.90 Å². The van der Waals surface area contributed by atoms with E-state index in [2.05, 4.69) is 4.90 Å². The van der Waals surface area contributed by atoms with E-state index < -0.39 is 11.7 Å². The van der Waals surface area contributed by atoms with Crippen LogP contribution in [0.5, 0.6) is 0 Å². The highest BCUT2D eigenvalue weighted by Crippen LogP contribution is 2.29. The second kappa shape index (κ2) is 8.31. The fourth-order valence-electron chi connectivity index (χ4n) is 3.24. The van der Waals surface area contributed by atoms with Crippen molar-refractivity contribution < 1.29 is 18.0 Å². The molecule has 1 fully saturated rings. The van der Waals surface area contributed by atoms with Gasteiger partial charge in [0.25, 0.3) is 5.91 Å². The standard InChI is InChI=1S/C20H20ClF3N2O/c21-18-8-2-1-7-17(18)19(27)26-10-4-9-25(11-12-26)14-15-5-3-6-16(13-15)20(22,23)24/h1-3,5-8,13H,4,9-12,14H2. The summed E-state index contributed by atoms with van der Waals surface area (Å²) in [5.41, 5.74) is 0.464. The van der Waals surface area contributed by atoms with Crippen LogP contribution in [0.1, 0.15) is 27.9 Å². The SMILES string of the molecule is O=C(c1ccccc1Cl)N1CCCN(Cc2cccc(C(F)(F)F)c2)CC1. The van der Waals surface area contributed by atoms with Crippen molar-refractivity contribution in [1.29, 1.82) is 0 Å². The van der Waals surface area contributed by atoms with Gasteiger partial charge in [-0.15, -0.1) is 0 Å². The number of halogens is 4. The third-order valence-corrected chi connectivity index (χ3v) is 4.97. The number of carbonyl (C=O) groups is 1. The first-order valence-electron chi connectivity index (χ1n) is 8.77. The summed E-state index contributed by atoms with van der Waals surface area (Å²) in [4.78, 5) is 16.5. The van der Waals surface area contributed by atoms with E-state index in [0.29, 0.717) is 42.3 Å². The van der Waals surface area contributed by atoms with Gasteiger partial charge in [-0.1, -0.05) is 41.9 Å². The van der Waals surface area contributed by atoms with Gasteiger partial charge in [-0.2, -0.15) is 13.2 Å². The first-order chi connectivity index (χ1) is 12.8. The number of carbonyl (C=O) groups excluding carboxylic acids is 1. The zero-order valence-corrected chi connectivity index (χ0v) is 15.4. The maximum atomic E-state index is 12.9. The zero-order valence-electron chi connectivity index (χ0n) is 14.7.